The van der Waals surface area contributed by atoms with Crippen LogP contribution in [0.25, 0.3) is 0 Å². The molecular formula is C10H16N2O5S. The molecule has 0 aromatic carbocycles. The van der Waals surface area contributed by atoms with Gasteiger partial charge < -0.3 is 9.84 Å². The molecular weight excluding hydrogens is 260 g/mol. The summed E-state index contributed by atoms with van der Waals surface area (Å²) in [4.78, 5) is 11.2. The molecule has 1 rings (SSSR count). The van der Waals surface area contributed by atoms with Gasteiger partial charge in [-0.25, -0.2) is 8.42 Å². The van der Waals surface area contributed by atoms with Crippen LogP contribution in [0.4, 0.5) is 0 Å². The number of rotatable bonds is 6. The van der Waals surface area contributed by atoms with Crippen molar-refractivity contribution in [1.82, 2.24) is 9.78 Å². The average Bonchev–Trinajstić information content (AvgIpc) is 2.65. The van der Waals surface area contributed by atoms with Gasteiger partial charge in [0.2, 0.25) is 0 Å². The van der Waals surface area contributed by atoms with Crippen molar-refractivity contribution in [2.45, 2.75) is 30.9 Å². The van der Waals surface area contributed by atoms with Crippen LogP contribution in [-0.4, -0.2) is 48.2 Å². The number of esters is 1. The van der Waals surface area contributed by atoms with Crippen molar-refractivity contribution >= 4 is 15.8 Å². The van der Waals surface area contributed by atoms with Gasteiger partial charge in [-0.15, -0.1) is 0 Å². The minimum absolute atomic E-state index is 0.0360. The maximum absolute atomic E-state index is 11.2. The number of aliphatic hydroxyl groups excluding tert-OH is 1. The van der Waals surface area contributed by atoms with Gasteiger partial charge in [0, 0.05) is 12.5 Å². The Morgan fingerprint density at radius 3 is 2.78 bits per heavy atom. The van der Waals surface area contributed by atoms with Gasteiger partial charge in [-0.2, -0.15) is 5.10 Å². The number of aromatic nitrogens is 2. The maximum Gasteiger partial charge on any atom is 0.308 e. The lowest BCUT2D eigenvalue weighted by Crippen LogP contribution is -2.21. The fraction of sp³-hybridized carbons (Fsp3) is 0.600. The second kappa shape index (κ2) is 5.96. The van der Waals surface area contributed by atoms with Gasteiger partial charge in [-0.1, -0.05) is 0 Å². The van der Waals surface area contributed by atoms with Gasteiger partial charge in [0.05, 0.1) is 31.9 Å². The molecule has 0 aliphatic heterocycles. The number of aliphatic hydroxyl groups is 1. The number of sulfone groups is 1. The Kier molecular flexibility index (Phi) is 4.85. The molecule has 0 aliphatic carbocycles. The first-order chi connectivity index (χ1) is 8.32. The number of carbonyl (C=O) groups excluding carboxylic acids is 1. The molecule has 102 valence electrons. The summed E-state index contributed by atoms with van der Waals surface area (Å²) < 4.78 is 28.4. The molecule has 1 atom stereocenters. The van der Waals surface area contributed by atoms with Crippen LogP contribution in [0.3, 0.4) is 0 Å². The second-order valence-electron chi connectivity index (χ2n) is 3.83. The first kappa shape index (κ1) is 14.7. The summed E-state index contributed by atoms with van der Waals surface area (Å²) in [5.74, 6) is -0.500. The van der Waals surface area contributed by atoms with Crippen LogP contribution in [-0.2, 0) is 25.9 Å². The van der Waals surface area contributed by atoms with E-state index in [0.29, 0.717) is 0 Å². The van der Waals surface area contributed by atoms with Gasteiger partial charge in [-0.3, -0.25) is 9.48 Å². The van der Waals surface area contributed by atoms with E-state index in [1.165, 1.54) is 17.1 Å². The second-order valence-corrected chi connectivity index (χ2v) is 5.85. The molecule has 8 heteroatoms. The molecule has 0 bridgehead atoms. The summed E-state index contributed by atoms with van der Waals surface area (Å²) in [6.07, 6.45) is 2.47. The highest BCUT2D eigenvalue weighted by Gasteiger charge is 2.15. The molecule has 0 aliphatic rings. The number of hydrogen-bond acceptors (Lipinski definition) is 6. The summed E-state index contributed by atoms with van der Waals surface area (Å²) in [5.41, 5.74) is 0. The monoisotopic (exact) mass is 276 g/mol. The zero-order valence-electron chi connectivity index (χ0n) is 10.2. The Labute approximate surface area is 105 Å². The third-order valence-corrected chi connectivity index (χ3v) is 3.21. The lowest BCUT2D eigenvalue weighted by Gasteiger charge is -2.09. The van der Waals surface area contributed by atoms with Crippen molar-refractivity contribution in [3.8, 4) is 0 Å². The van der Waals surface area contributed by atoms with Gasteiger partial charge in [-0.05, 0) is 6.92 Å². The number of carbonyl (C=O) groups is 1. The molecule has 0 spiro atoms. The highest BCUT2D eigenvalue weighted by Crippen LogP contribution is 2.07. The van der Waals surface area contributed by atoms with Crippen molar-refractivity contribution in [3.63, 3.8) is 0 Å². The van der Waals surface area contributed by atoms with E-state index in [1.54, 1.807) is 6.92 Å². The largest absolute Gasteiger partial charge is 0.466 e. The highest BCUT2D eigenvalue weighted by atomic mass is 32.2. The minimum Gasteiger partial charge on any atom is -0.466 e. The third-order valence-electron chi connectivity index (χ3n) is 2.14. The van der Waals surface area contributed by atoms with E-state index in [9.17, 15) is 18.3 Å². The van der Waals surface area contributed by atoms with Crippen molar-refractivity contribution in [3.05, 3.63) is 12.4 Å². The van der Waals surface area contributed by atoms with E-state index >= 15 is 0 Å². The fourth-order valence-corrected chi connectivity index (χ4v) is 1.88. The quantitative estimate of drug-likeness (QED) is 0.710. The Hall–Kier alpha value is -1.41. The van der Waals surface area contributed by atoms with E-state index in [1.807, 2.05) is 0 Å². The topological polar surface area (TPSA) is 98.5 Å². The molecule has 0 saturated carbocycles. The number of nitrogens with zero attached hydrogens (tertiary/aromatic N) is 2. The van der Waals surface area contributed by atoms with Crippen LogP contribution in [0, 0.1) is 0 Å². The van der Waals surface area contributed by atoms with E-state index < -0.39 is 21.9 Å². The Balaban J connectivity index is 2.57. The molecule has 18 heavy (non-hydrogen) atoms. The summed E-state index contributed by atoms with van der Waals surface area (Å²) >= 11 is 0. The SMILES string of the molecule is CCOC(=O)CC(O)Cn1cc(S(C)(=O)=O)cn1. The van der Waals surface area contributed by atoms with E-state index in [-0.39, 0.29) is 24.5 Å². The lowest BCUT2D eigenvalue weighted by atomic mass is 10.2. The normalized spacial score (nSPS) is 13.3. The zero-order valence-corrected chi connectivity index (χ0v) is 11.1. The smallest absolute Gasteiger partial charge is 0.308 e. The Bertz CT molecular complexity index is 508. The molecule has 0 saturated heterocycles. The van der Waals surface area contributed by atoms with Gasteiger partial charge in [0.1, 0.15) is 4.90 Å². The van der Waals surface area contributed by atoms with Crippen molar-refractivity contribution in [1.29, 1.82) is 0 Å². The summed E-state index contributed by atoms with van der Waals surface area (Å²) in [5, 5.41) is 13.4. The molecule has 7 nitrogen and oxygen atoms in total. The third kappa shape index (κ3) is 4.46. The molecule has 0 amide bonds. The van der Waals surface area contributed by atoms with Crippen molar-refractivity contribution in [2.75, 3.05) is 12.9 Å². The summed E-state index contributed by atoms with van der Waals surface area (Å²) in [6, 6.07) is 0. The first-order valence-electron chi connectivity index (χ1n) is 5.39. The van der Waals surface area contributed by atoms with E-state index in [4.69, 9.17) is 0 Å². The van der Waals surface area contributed by atoms with Crippen LogP contribution in [0.5, 0.6) is 0 Å². The van der Waals surface area contributed by atoms with Crippen LogP contribution in [0.2, 0.25) is 0 Å². The average molecular weight is 276 g/mol. The molecule has 1 N–H and O–H groups in total. The number of ether oxygens (including phenoxy) is 1. The van der Waals surface area contributed by atoms with Crippen LogP contribution < -0.4 is 0 Å². The predicted molar refractivity (Wildman–Crippen MR) is 62.6 cm³/mol. The van der Waals surface area contributed by atoms with Crippen LogP contribution >= 0.6 is 0 Å². The first-order valence-corrected chi connectivity index (χ1v) is 7.28. The Morgan fingerprint density at radius 1 is 1.61 bits per heavy atom. The van der Waals surface area contributed by atoms with Gasteiger partial charge >= 0.3 is 5.97 Å². The number of hydrogen-bond donors (Lipinski definition) is 1. The molecule has 0 radical (unpaired) electrons. The zero-order chi connectivity index (χ0) is 13.8. The Morgan fingerprint density at radius 2 is 2.28 bits per heavy atom. The summed E-state index contributed by atoms with van der Waals surface area (Å²) in [7, 11) is -3.31. The van der Waals surface area contributed by atoms with Gasteiger partial charge in [0.25, 0.3) is 0 Å². The van der Waals surface area contributed by atoms with E-state index in [2.05, 4.69) is 9.84 Å². The van der Waals surface area contributed by atoms with Crippen molar-refractivity contribution < 1.29 is 23.1 Å². The molecule has 0 fully saturated rings. The maximum atomic E-state index is 11.2. The standard InChI is InChI=1S/C10H16N2O5S/c1-3-17-10(14)4-8(13)6-12-7-9(5-11-12)18(2,15)16/h5,7-8,13H,3-4,6H2,1-2H3. The minimum atomic E-state index is -3.31. The summed E-state index contributed by atoms with van der Waals surface area (Å²) in [6.45, 7) is 1.97. The molecule has 1 aromatic heterocycles. The highest BCUT2D eigenvalue weighted by molar-refractivity contribution is 7.90. The van der Waals surface area contributed by atoms with E-state index in [0.717, 1.165) is 6.26 Å². The molecule has 1 aromatic rings. The lowest BCUT2D eigenvalue weighted by molar-refractivity contribution is -0.145. The predicted octanol–water partition coefficient (Wildman–Crippen LogP) is -0.399. The van der Waals surface area contributed by atoms with Gasteiger partial charge in [0.15, 0.2) is 9.84 Å². The fourth-order valence-electron chi connectivity index (χ4n) is 1.33. The van der Waals surface area contributed by atoms with Crippen LogP contribution in [0.1, 0.15) is 13.3 Å². The van der Waals surface area contributed by atoms with Crippen LogP contribution in [0.15, 0.2) is 17.3 Å². The van der Waals surface area contributed by atoms with Crippen molar-refractivity contribution in [2.24, 2.45) is 0 Å². The molecule has 1 heterocycles. The molecule has 1 unspecified atom stereocenters.